The highest BCUT2D eigenvalue weighted by atomic mass is 32.1. The number of carbonyl (C=O) groups excluding carboxylic acids is 3. The van der Waals surface area contributed by atoms with Gasteiger partial charge in [-0.05, 0) is 32.6 Å². The Balaban J connectivity index is 2.01. The Kier molecular flexibility index (Phi) is 8.41. The van der Waals surface area contributed by atoms with Gasteiger partial charge in [-0.15, -0.1) is 0 Å². The van der Waals surface area contributed by atoms with Crippen molar-refractivity contribution in [3.8, 4) is 0 Å². The summed E-state index contributed by atoms with van der Waals surface area (Å²) in [7, 11) is 0. The molecule has 2 amide bonds. The van der Waals surface area contributed by atoms with E-state index in [0.717, 1.165) is 25.7 Å². The summed E-state index contributed by atoms with van der Waals surface area (Å²) in [5, 5.41) is 3.37. The number of rotatable bonds is 11. The van der Waals surface area contributed by atoms with Gasteiger partial charge >= 0.3 is 5.97 Å². The van der Waals surface area contributed by atoms with Gasteiger partial charge in [0.05, 0.1) is 12.3 Å². The van der Waals surface area contributed by atoms with E-state index in [2.05, 4.69) is 24.1 Å². The highest BCUT2D eigenvalue weighted by molar-refractivity contribution is 7.17. The normalized spacial score (nSPS) is 17.9. The monoisotopic (exact) mass is 409 g/mol. The van der Waals surface area contributed by atoms with Crippen molar-refractivity contribution >= 4 is 34.3 Å². The summed E-state index contributed by atoms with van der Waals surface area (Å²) in [6.07, 6.45) is 4.06. The van der Waals surface area contributed by atoms with Crippen molar-refractivity contribution in [1.29, 1.82) is 0 Å². The number of hydrogen-bond donors (Lipinski definition) is 1. The molecule has 0 bridgehead atoms. The number of nitrogens with zero attached hydrogens (tertiary/aromatic N) is 2. The van der Waals surface area contributed by atoms with Crippen molar-refractivity contribution in [3.63, 3.8) is 0 Å². The average molecular weight is 410 g/mol. The summed E-state index contributed by atoms with van der Waals surface area (Å²) >= 11 is 1.19. The Morgan fingerprint density at radius 3 is 2.61 bits per heavy atom. The molecule has 2 unspecified atom stereocenters. The van der Waals surface area contributed by atoms with Crippen LogP contribution in [-0.2, 0) is 14.3 Å². The largest absolute Gasteiger partial charge is 0.462 e. The molecule has 1 aromatic rings. The van der Waals surface area contributed by atoms with Gasteiger partial charge in [0.2, 0.25) is 11.8 Å². The Morgan fingerprint density at radius 2 is 2.00 bits per heavy atom. The lowest BCUT2D eigenvalue weighted by molar-refractivity contribution is -0.122. The summed E-state index contributed by atoms with van der Waals surface area (Å²) in [5.41, 5.74) is 0.572. The average Bonchev–Trinajstić information content (AvgIpc) is 3.26. The highest BCUT2D eigenvalue weighted by Crippen LogP contribution is 2.37. The van der Waals surface area contributed by atoms with Crippen molar-refractivity contribution in [2.75, 3.05) is 24.6 Å². The molecule has 1 aromatic heterocycles. The number of esters is 1. The quantitative estimate of drug-likeness (QED) is 0.447. The van der Waals surface area contributed by atoms with E-state index in [4.69, 9.17) is 4.74 Å². The Labute approximate surface area is 170 Å². The lowest BCUT2D eigenvalue weighted by atomic mass is 10.2. The molecule has 0 saturated heterocycles. The first kappa shape index (κ1) is 22.3. The van der Waals surface area contributed by atoms with E-state index in [-0.39, 0.29) is 24.2 Å². The molecule has 8 heteroatoms. The molecule has 1 saturated carbocycles. The predicted molar refractivity (Wildman–Crippen MR) is 110 cm³/mol. The molecule has 1 aliphatic rings. The number of unbranched alkanes of at least 4 members (excludes halogenated alkanes) is 2. The first-order valence-corrected chi connectivity index (χ1v) is 10.9. The number of amides is 2. The fourth-order valence-electron chi connectivity index (χ4n) is 2.98. The standard InChI is InChI=1S/C20H31N3O4S/c1-5-7-8-11-23(16(24)9-10-21-18(25)15-12-13(15)3)20-22-14(4)17(28-20)19(26)27-6-2/h13,15H,5-12H2,1-4H3,(H,21,25). The number of carbonyl (C=O) groups is 3. The molecule has 1 heterocycles. The second-order valence-corrected chi connectivity index (χ2v) is 8.22. The van der Waals surface area contributed by atoms with Crippen molar-refractivity contribution in [2.24, 2.45) is 11.8 Å². The first-order valence-electron chi connectivity index (χ1n) is 10.1. The van der Waals surface area contributed by atoms with Gasteiger partial charge < -0.3 is 10.1 Å². The van der Waals surface area contributed by atoms with E-state index in [9.17, 15) is 14.4 Å². The van der Waals surface area contributed by atoms with Gasteiger partial charge in [-0.3, -0.25) is 14.5 Å². The zero-order valence-electron chi connectivity index (χ0n) is 17.2. The number of aromatic nitrogens is 1. The molecule has 0 radical (unpaired) electrons. The van der Waals surface area contributed by atoms with Crippen LogP contribution in [0.3, 0.4) is 0 Å². The maximum atomic E-state index is 12.8. The van der Waals surface area contributed by atoms with Crippen LogP contribution in [0.15, 0.2) is 0 Å². The smallest absolute Gasteiger partial charge is 0.350 e. The number of anilines is 1. The number of hydrogen-bond acceptors (Lipinski definition) is 6. The molecule has 1 fully saturated rings. The van der Waals surface area contributed by atoms with Crippen LogP contribution in [0.4, 0.5) is 5.13 Å². The molecule has 156 valence electrons. The maximum absolute atomic E-state index is 12.8. The number of aryl methyl sites for hydroxylation is 1. The SMILES string of the molecule is CCCCCN(C(=O)CCNC(=O)C1CC1C)c1nc(C)c(C(=O)OCC)s1. The van der Waals surface area contributed by atoms with E-state index in [1.807, 2.05) is 0 Å². The summed E-state index contributed by atoms with van der Waals surface area (Å²) in [5.74, 6) is 0.0813. The Bertz CT molecular complexity index is 704. The zero-order valence-corrected chi connectivity index (χ0v) is 18.1. The second kappa shape index (κ2) is 10.5. The second-order valence-electron chi connectivity index (χ2n) is 7.24. The minimum absolute atomic E-state index is 0.0347. The van der Waals surface area contributed by atoms with Crippen LogP contribution < -0.4 is 10.2 Å². The topological polar surface area (TPSA) is 88.6 Å². The molecule has 1 N–H and O–H groups in total. The lowest BCUT2D eigenvalue weighted by Gasteiger charge is -2.20. The lowest BCUT2D eigenvalue weighted by Crippen LogP contribution is -2.35. The summed E-state index contributed by atoms with van der Waals surface area (Å²) in [6.45, 7) is 8.83. The van der Waals surface area contributed by atoms with Crippen molar-refractivity contribution in [3.05, 3.63) is 10.6 Å². The van der Waals surface area contributed by atoms with Gasteiger partial charge in [0.15, 0.2) is 5.13 Å². The van der Waals surface area contributed by atoms with Gasteiger partial charge in [0.25, 0.3) is 0 Å². The fourth-order valence-corrected chi connectivity index (χ4v) is 3.98. The van der Waals surface area contributed by atoms with Gasteiger partial charge in [0.1, 0.15) is 4.88 Å². The zero-order chi connectivity index (χ0) is 20.7. The van der Waals surface area contributed by atoms with Gasteiger partial charge in [-0.25, -0.2) is 9.78 Å². The summed E-state index contributed by atoms with van der Waals surface area (Å²) in [4.78, 5) is 43.3. The van der Waals surface area contributed by atoms with Crippen LogP contribution in [0.5, 0.6) is 0 Å². The van der Waals surface area contributed by atoms with E-state index >= 15 is 0 Å². The third kappa shape index (κ3) is 6.02. The van der Waals surface area contributed by atoms with Crippen molar-refractivity contribution in [2.45, 2.75) is 59.8 Å². The van der Waals surface area contributed by atoms with Crippen molar-refractivity contribution < 1.29 is 19.1 Å². The van der Waals surface area contributed by atoms with Gasteiger partial charge in [0, 0.05) is 25.4 Å². The van der Waals surface area contributed by atoms with Gasteiger partial charge in [-0.1, -0.05) is 38.0 Å². The Hall–Kier alpha value is -1.96. The fraction of sp³-hybridized carbons (Fsp3) is 0.700. The molecule has 0 aromatic carbocycles. The number of thiazole rings is 1. The first-order chi connectivity index (χ1) is 13.4. The van der Waals surface area contributed by atoms with Crippen LogP contribution in [-0.4, -0.2) is 42.5 Å². The van der Waals surface area contributed by atoms with E-state index in [1.165, 1.54) is 11.3 Å². The highest BCUT2D eigenvalue weighted by Gasteiger charge is 2.38. The van der Waals surface area contributed by atoms with E-state index < -0.39 is 5.97 Å². The van der Waals surface area contributed by atoms with E-state index in [0.29, 0.717) is 41.3 Å². The predicted octanol–water partition coefficient (Wildman–Crippen LogP) is 3.31. The molecular weight excluding hydrogens is 378 g/mol. The minimum atomic E-state index is -0.407. The molecule has 1 aliphatic carbocycles. The molecule has 7 nitrogen and oxygen atoms in total. The molecular formula is C20H31N3O4S. The third-order valence-electron chi connectivity index (χ3n) is 4.85. The molecule has 2 atom stereocenters. The van der Waals surface area contributed by atoms with Crippen molar-refractivity contribution in [1.82, 2.24) is 10.3 Å². The van der Waals surface area contributed by atoms with Crippen LogP contribution in [0.2, 0.25) is 0 Å². The van der Waals surface area contributed by atoms with Crippen LogP contribution >= 0.6 is 11.3 Å². The summed E-state index contributed by atoms with van der Waals surface area (Å²) < 4.78 is 5.07. The minimum Gasteiger partial charge on any atom is -0.462 e. The van der Waals surface area contributed by atoms with E-state index in [1.54, 1.807) is 18.7 Å². The van der Waals surface area contributed by atoms with Crippen LogP contribution in [0, 0.1) is 18.8 Å². The number of ether oxygens (including phenoxy) is 1. The summed E-state index contributed by atoms with van der Waals surface area (Å²) in [6, 6.07) is 0. The Morgan fingerprint density at radius 1 is 1.29 bits per heavy atom. The molecule has 2 rings (SSSR count). The third-order valence-corrected chi connectivity index (χ3v) is 6.01. The maximum Gasteiger partial charge on any atom is 0.350 e. The molecule has 0 aliphatic heterocycles. The molecule has 28 heavy (non-hydrogen) atoms. The van der Waals surface area contributed by atoms with Crippen LogP contribution in [0.1, 0.15) is 68.2 Å². The molecule has 0 spiro atoms. The van der Waals surface area contributed by atoms with Gasteiger partial charge in [-0.2, -0.15) is 0 Å². The number of nitrogens with one attached hydrogen (secondary N) is 1. The van der Waals surface area contributed by atoms with Crippen LogP contribution in [0.25, 0.3) is 0 Å².